The quantitative estimate of drug-likeness (QED) is 0.809. The van der Waals surface area contributed by atoms with Crippen LogP contribution in [0.4, 0.5) is 0 Å². The van der Waals surface area contributed by atoms with Crippen molar-refractivity contribution in [2.45, 2.75) is 0 Å². The summed E-state index contributed by atoms with van der Waals surface area (Å²) in [6.07, 6.45) is 0. The van der Waals surface area contributed by atoms with Gasteiger partial charge in [0.2, 0.25) is 0 Å². The molecule has 0 aromatic heterocycles. The third-order valence-corrected chi connectivity index (χ3v) is 3.18. The minimum absolute atomic E-state index is 0.118. The van der Waals surface area contributed by atoms with Crippen molar-refractivity contribution >= 4 is 5.91 Å². The van der Waals surface area contributed by atoms with Crippen LogP contribution in [0, 0.1) is 11.3 Å². The highest BCUT2D eigenvalue weighted by Crippen LogP contribution is 2.03. The number of amides is 1. The molecule has 0 bridgehead atoms. The second kappa shape index (κ2) is 6.88. The average Bonchev–Trinajstić information content (AvgIpc) is 2.48. The highest BCUT2D eigenvalue weighted by Gasteiger charge is 2.10. The molecule has 5 heteroatoms. The van der Waals surface area contributed by atoms with E-state index in [2.05, 4.69) is 15.5 Å². The molecule has 1 aliphatic rings. The van der Waals surface area contributed by atoms with Gasteiger partial charge in [-0.2, -0.15) is 5.26 Å². The van der Waals surface area contributed by atoms with Gasteiger partial charge in [-0.05, 0) is 18.2 Å². The summed E-state index contributed by atoms with van der Waals surface area (Å²) in [5.41, 5.74) is 1.05. The normalized spacial score (nSPS) is 15.7. The van der Waals surface area contributed by atoms with Crippen molar-refractivity contribution in [1.82, 2.24) is 15.5 Å². The lowest BCUT2D eigenvalue weighted by Crippen LogP contribution is -2.46. The first-order valence-electron chi connectivity index (χ1n) is 6.51. The van der Waals surface area contributed by atoms with Crippen molar-refractivity contribution in [2.24, 2.45) is 0 Å². The van der Waals surface area contributed by atoms with E-state index in [1.807, 2.05) is 6.07 Å². The van der Waals surface area contributed by atoms with Crippen LogP contribution >= 0.6 is 0 Å². The van der Waals surface area contributed by atoms with Gasteiger partial charge in [0, 0.05) is 44.8 Å². The van der Waals surface area contributed by atoms with Crippen molar-refractivity contribution in [1.29, 1.82) is 5.26 Å². The van der Waals surface area contributed by atoms with Gasteiger partial charge in [-0.3, -0.25) is 9.69 Å². The maximum Gasteiger partial charge on any atom is 0.251 e. The molecule has 1 amide bonds. The van der Waals surface area contributed by atoms with Crippen LogP contribution in [0.25, 0.3) is 0 Å². The van der Waals surface area contributed by atoms with Gasteiger partial charge in [0.1, 0.15) is 0 Å². The second-order valence-electron chi connectivity index (χ2n) is 4.54. The number of rotatable bonds is 4. The zero-order valence-corrected chi connectivity index (χ0v) is 10.9. The SMILES string of the molecule is N#Cc1cccc(C(=O)NCCN2CCNCC2)c1. The average molecular weight is 258 g/mol. The molecule has 1 fully saturated rings. The van der Waals surface area contributed by atoms with Gasteiger partial charge in [0.25, 0.3) is 5.91 Å². The first-order valence-corrected chi connectivity index (χ1v) is 6.51. The Morgan fingerprint density at radius 2 is 2.21 bits per heavy atom. The molecule has 0 atom stereocenters. The lowest BCUT2D eigenvalue weighted by molar-refractivity contribution is 0.0947. The van der Waals surface area contributed by atoms with Crippen molar-refractivity contribution < 1.29 is 4.79 Å². The van der Waals surface area contributed by atoms with Crippen molar-refractivity contribution in [3.63, 3.8) is 0 Å². The molecule has 2 rings (SSSR count). The molecule has 5 nitrogen and oxygen atoms in total. The molecule has 0 aliphatic carbocycles. The number of nitrogens with one attached hydrogen (secondary N) is 2. The fraction of sp³-hybridized carbons (Fsp3) is 0.429. The largest absolute Gasteiger partial charge is 0.351 e. The summed E-state index contributed by atoms with van der Waals surface area (Å²) in [6.45, 7) is 5.58. The van der Waals surface area contributed by atoms with Gasteiger partial charge in [-0.1, -0.05) is 6.07 Å². The summed E-state index contributed by atoms with van der Waals surface area (Å²) in [7, 11) is 0. The second-order valence-corrected chi connectivity index (χ2v) is 4.54. The molecule has 0 saturated carbocycles. The van der Waals surface area contributed by atoms with Gasteiger partial charge in [0.15, 0.2) is 0 Å². The smallest absolute Gasteiger partial charge is 0.251 e. The number of carbonyl (C=O) groups is 1. The number of benzene rings is 1. The Bertz CT molecular complexity index is 475. The number of piperazine rings is 1. The van der Waals surface area contributed by atoms with E-state index in [1.54, 1.807) is 24.3 Å². The molecule has 0 spiro atoms. The Morgan fingerprint density at radius 3 is 2.95 bits per heavy atom. The zero-order valence-electron chi connectivity index (χ0n) is 10.9. The third-order valence-electron chi connectivity index (χ3n) is 3.18. The Kier molecular flexibility index (Phi) is 4.90. The molecule has 2 N–H and O–H groups in total. The summed E-state index contributed by atoms with van der Waals surface area (Å²) in [6, 6.07) is 8.79. The van der Waals surface area contributed by atoms with E-state index >= 15 is 0 Å². The minimum atomic E-state index is -0.118. The molecule has 1 saturated heterocycles. The summed E-state index contributed by atoms with van der Waals surface area (Å²) >= 11 is 0. The highest BCUT2D eigenvalue weighted by atomic mass is 16.1. The lowest BCUT2D eigenvalue weighted by atomic mass is 10.1. The lowest BCUT2D eigenvalue weighted by Gasteiger charge is -2.27. The predicted molar refractivity (Wildman–Crippen MR) is 72.8 cm³/mol. The van der Waals surface area contributed by atoms with Gasteiger partial charge in [0.05, 0.1) is 11.6 Å². The van der Waals surface area contributed by atoms with E-state index in [-0.39, 0.29) is 5.91 Å². The van der Waals surface area contributed by atoms with Crippen LogP contribution in [0.3, 0.4) is 0 Å². The van der Waals surface area contributed by atoms with Crippen LogP contribution in [-0.4, -0.2) is 50.1 Å². The molecule has 0 unspecified atom stereocenters. The Hall–Kier alpha value is -1.90. The maximum absolute atomic E-state index is 11.9. The monoisotopic (exact) mass is 258 g/mol. The number of hydrogen-bond donors (Lipinski definition) is 2. The van der Waals surface area contributed by atoms with Gasteiger partial charge >= 0.3 is 0 Å². The minimum Gasteiger partial charge on any atom is -0.351 e. The first-order chi connectivity index (χ1) is 9.29. The van der Waals surface area contributed by atoms with Crippen LogP contribution < -0.4 is 10.6 Å². The molecular formula is C14H18N4O. The molecule has 100 valence electrons. The Morgan fingerprint density at radius 1 is 1.42 bits per heavy atom. The topological polar surface area (TPSA) is 68.2 Å². The van der Waals surface area contributed by atoms with E-state index in [9.17, 15) is 4.79 Å². The van der Waals surface area contributed by atoms with Crippen LogP contribution in [0.2, 0.25) is 0 Å². The van der Waals surface area contributed by atoms with E-state index in [4.69, 9.17) is 5.26 Å². The molecule has 1 aromatic carbocycles. The van der Waals surface area contributed by atoms with Gasteiger partial charge in [-0.15, -0.1) is 0 Å². The summed E-state index contributed by atoms with van der Waals surface area (Å²) < 4.78 is 0. The molecule has 1 heterocycles. The summed E-state index contributed by atoms with van der Waals surface area (Å²) in [5.74, 6) is -0.118. The maximum atomic E-state index is 11.9. The molecule has 19 heavy (non-hydrogen) atoms. The third kappa shape index (κ3) is 4.05. The Labute approximate surface area is 113 Å². The van der Waals surface area contributed by atoms with E-state index in [1.165, 1.54) is 0 Å². The van der Waals surface area contributed by atoms with E-state index < -0.39 is 0 Å². The Balaban J connectivity index is 1.79. The van der Waals surface area contributed by atoms with Crippen LogP contribution in [0.5, 0.6) is 0 Å². The highest BCUT2D eigenvalue weighted by molar-refractivity contribution is 5.94. The molecule has 1 aromatic rings. The first kappa shape index (κ1) is 13.5. The fourth-order valence-corrected chi connectivity index (χ4v) is 2.09. The van der Waals surface area contributed by atoms with Crippen LogP contribution in [0.1, 0.15) is 15.9 Å². The zero-order chi connectivity index (χ0) is 13.5. The van der Waals surface area contributed by atoms with Gasteiger partial charge in [-0.25, -0.2) is 0 Å². The number of hydrogen-bond acceptors (Lipinski definition) is 4. The summed E-state index contributed by atoms with van der Waals surface area (Å²) in [5, 5.41) is 15.0. The van der Waals surface area contributed by atoms with Crippen LogP contribution in [-0.2, 0) is 0 Å². The standard InChI is InChI=1S/C14H18N4O/c15-11-12-2-1-3-13(10-12)14(19)17-6-9-18-7-4-16-5-8-18/h1-3,10,16H,4-9H2,(H,17,19). The molecule has 0 radical (unpaired) electrons. The summed E-state index contributed by atoms with van der Waals surface area (Å²) in [4.78, 5) is 14.2. The van der Waals surface area contributed by atoms with Crippen molar-refractivity contribution in [2.75, 3.05) is 39.3 Å². The van der Waals surface area contributed by atoms with Gasteiger partial charge < -0.3 is 10.6 Å². The number of nitriles is 1. The van der Waals surface area contributed by atoms with E-state index in [0.29, 0.717) is 17.7 Å². The predicted octanol–water partition coefficient (Wildman–Crippen LogP) is 0.193. The van der Waals surface area contributed by atoms with Crippen molar-refractivity contribution in [3.05, 3.63) is 35.4 Å². The number of nitrogens with zero attached hydrogens (tertiary/aromatic N) is 2. The van der Waals surface area contributed by atoms with Crippen LogP contribution in [0.15, 0.2) is 24.3 Å². The molecule has 1 aliphatic heterocycles. The number of carbonyl (C=O) groups excluding carboxylic acids is 1. The fourth-order valence-electron chi connectivity index (χ4n) is 2.09. The van der Waals surface area contributed by atoms with E-state index in [0.717, 1.165) is 32.7 Å². The molecular weight excluding hydrogens is 240 g/mol. The van der Waals surface area contributed by atoms with Crippen molar-refractivity contribution in [3.8, 4) is 6.07 Å².